The van der Waals surface area contributed by atoms with E-state index in [1.165, 1.54) is 11.0 Å². The normalized spacial score (nSPS) is 16.4. The molecule has 1 aliphatic rings. The van der Waals surface area contributed by atoms with Gasteiger partial charge in [-0.05, 0) is 51.2 Å². The number of likely N-dealkylation sites (N-methyl/N-ethyl adjacent to an activating group) is 1. The summed E-state index contributed by atoms with van der Waals surface area (Å²) >= 11 is 5.02. The summed E-state index contributed by atoms with van der Waals surface area (Å²) in [4.78, 5) is 25.9. The van der Waals surface area contributed by atoms with E-state index in [1.807, 2.05) is 13.8 Å². The van der Waals surface area contributed by atoms with Gasteiger partial charge in [0.25, 0.3) is 11.8 Å². The second kappa shape index (κ2) is 7.92. The van der Waals surface area contributed by atoms with Crippen molar-refractivity contribution in [3.05, 3.63) is 29.3 Å². The average Bonchev–Trinajstić information content (AvgIpc) is 2.54. The Kier molecular flexibility index (Phi) is 5.92. The number of amides is 2. The fourth-order valence-corrected chi connectivity index (χ4v) is 2.61. The summed E-state index contributed by atoms with van der Waals surface area (Å²) in [5.41, 5.74) is 0.651. The molecular formula is C17H20N2O4S. The van der Waals surface area contributed by atoms with Gasteiger partial charge in [-0.25, -0.2) is 0 Å². The highest BCUT2D eigenvalue weighted by Gasteiger charge is 2.32. The van der Waals surface area contributed by atoms with Crippen LogP contribution in [-0.4, -0.2) is 41.6 Å². The maximum absolute atomic E-state index is 12.5. The molecule has 0 aliphatic carbocycles. The zero-order valence-electron chi connectivity index (χ0n) is 13.9. The Hall–Kier alpha value is -2.41. The molecule has 2 rings (SSSR count). The molecule has 1 fully saturated rings. The van der Waals surface area contributed by atoms with Crippen LogP contribution in [0.5, 0.6) is 11.5 Å². The van der Waals surface area contributed by atoms with Crippen LogP contribution in [0.1, 0.15) is 26.3 Å². The van der Waals surface area contributed by atoms with Crippen LogP contribution in [-0.2, 0) is 9.59 Å². The van der Waals surface area contributed by atoms with E-state index in [2.05, 4.69) is 5.32 Å². The lowest BCUT2D eigenvalue weighted by molar-refractivity contribution is -0.128. The molecule has 0 radical (unpaired) electrons. The van der Waals surface area contributed by atoms with Gasteiger partial charge in [-0.3, -0.25) is 19.8 Å². The van der Waals surface area contributed by atoms with Gasteiger partial charge in [0.15, 0.2) is 5.11 Å². The molecule has 0 bridgehead atoms. The first-order valence-corrected chi connectivity index (χ1v) is 8.21. The zero-order chi connectivity index (χ0) is 17.7. The largest absolute Gasteiger partial charge is 0.494 e. The third kappa shape index (κ3) is 3.73. The first kappa shape index (κ1) is 17.9. The SMILES string of the molecule is CCOc1ccc(/C=C2\C(=O)NC(=S)N(CC)C2=O)c(OCC)c1. The molecule has 1 saturated heterocycles. The summed E-state index contributed by atoms with van der Waals surface area (Å²) in [6.07, 6.45) is 1.52. The van der Waals surface area contributed by atoms with Gasteiger partial charge in [0.2, 0.25) is 0 Å². The van der Waals surface area contributed by atoms with E-state index in [0.29, 0.717) is 36.8 Å². The number of carbonyl (C=O) groups is 2. The summed E-state index contributed by atoms with van der Waals surface area (Å²) in [5, 5.41) is 2.65. The van der Waals surface area contributed by atoms with Crippen molar-refractivity contribution >= 4 is 35.2 Å². The molecule has 1 aliphatic heterocycles. The molecule has 6 nitrogen and oxygen atoms in total. The molecule has 0 aromatic heterocycles. The number of carbonyl (C=O) groups excluding carboxylic acids is 2. The first-order chi connectivity index (χ1) is 11.5. The van der Waals surface area contributed by atoms with Crippen LogP contribution in [0.4, 0.5) is 0 Å². The third-order valence-corrected chi connectivity index (χ3v) is 3.72. The van der Waals surface area contributed by atoms with Crippen molar-refractivity contribution in [1.82, 2.24) is 10.2 Å². The van der Waals surface area contributed by atoms with Crippen LogP contribution in [0, 0.1) is 0 Å². The topological polar surface area (TPSA) is 67.9 Å². The number of thiocarbonyl (C=S) groups is 1. The fourth-order valence-electron chi connectivity index (χ4n) is 2.31. The number of ether oxygens (including phenoxy) is 2. The van der Waals surface area contributed by atoms with E-state index in [9.17, 15) is 9.59 Å². The molecule has 24 heavy (non-hydrogen) atoms. The fraction of sp³-hybridized carbons (Fsp3) is 0.353. The van der Waals surface area contributed by atoms with E-state index in [4.69, 9.17) is 21.7 Å². The third-order valence-electron chi connectivity index (χ3n) is 3.40. The molecule has 0 unspecified atom stereocenters. The van der Waals surface area contributed by atoms with Gasteiger partial charge in [0.1, 0.15) is 17.1 Å². The van der Waals surface area contributed by atoms with Crippen molar-refractivity contribution < 1.29 is 19.1 Å². The number of rotatable bonds is 6. The molecule has 0 saturated carbocycles. The number of hydrogen-bond donors (Lipinski definition) is 1. The quantitative estimate of drug-likeness (QED) is 0.485. The van der Waals surface area contributed by atoms with Gasteiger partial charge in [-0.2, -0.15) is 0 Å². The van der Waals surface area contributed by atoms with Crippen molar-refractivity contribution in [3.8, 4) is 11.5 Å². The highest BCUT2D eigenvalue weighted by molar-refractivity contribution is 7.80. The van der Waals surface area contributed by atoms with Crippen molar-refractivity contribution in [2.45, 2.75) is 20.8 Å². The average molecular weight is 348 g/mol. The van der Waals surface area contributed by atoms with Crippen molar-refractivity contribution in [2.75, 3.05) is 19.8 Å². The molecule has 0 spiro atoms. The monoisotopic (exact) mass is 348 g/mol. The standard InChI is InChI=1S/C17H20N2O4S/c1-4-19-16(21)13(15(20)18-17(19)24)9-11-7-8-12(22-5-2)10-14(11)23-6-3/h7-10H,4-6H2,1-3H3,(H,18,20,24)/b13-9+. The summed E-state index contributed by atoms with van der Waals surface area (Å²) < 4.78 is 11.1. The minimum Gasteiger partial charge on any atom is -0.494 e. The summed E-state index contributed by atoms with van der Waals surface area (Å²) in [6.45, 7) is 6.93. The lowest BCUT2D eigenvalue weighted by Gasteiger charge is -2.27. The number of nitrogens with zero attached hydrogens (tertiary/aromatic N) is 1. The van der Waals surface area contributed by atoms with Crippen molar-refractivity contribution in [3.63, 3.8) is 0 Å². The molecule has 1 aromatic carbocycles. The summed E-state index contributed by atoms with van der Waals surface area (Å²) in [5.74, 6) is 0.292. The van der Waals surface area contributed by atoms with Gasteiger partial charge in [-0.15, -0.1) is 0 Å². The molecule has 0 atom stereocenters. The predicted octanol–water partition coefficient (Wildman–Crippen LogP) is 2.13. The predicted molar refractivity (Wildman–Crippen MR) is 94.9 cm³/mol. The highest BCUT2D eigenvalue weighted by Crippen LogP contribution is 2.28. The Morgan fingerprint density at radius 3 is 2.50 bits per heavy atom. The molecule has 1 aromatic rings. The smallest absolute Gasteiger partial charge is 0.265 e. The number of nitrogens with one attached hydrogen (secondary N) is 1. The van der Waals surface area contributed by atoms with Gasteiger partial charge >= 0.3 is 0 Å². The zero-order valence-corrected chi connectivity index (χ0v) is 14.7. The second-order valence-corrected chi connectivity index (χ2v) is 5.32. The molecule has 1 heterocycles. The van der Waals surface area contributed by atoms with E-state index >= 15 is 0 Å². The molecule has 1 N–H and O–H groups in total. The van der Waals surface area contributed by atoms with Gasteiger partial charge in [0, 0.05) is 18.2 Å². The van der Waals surface area contributed by atoms with Gasteiger partial charge in [-0.1, -0.05) is 0 Å². The Labute approximate surface area is 146 Å². The molecule has 2 amide bonds. The molecular weight excluding hydrogens is 328 g/mol. The van der Waals surface area contributed by atoms with E-state index in [-0.39, 0.29) is 10.7 Å². The number of benzene rings is 1. The van der Waals surface area contributed by atoms with Crippen molar-refractivity contribution in [1.29, 1.82) is 0 Å². The lowest BCUT2D eigenvalue weighted by atomic mass is 10.1. The first-order valence-electron chi connectivity index (χ1n) is 7.80. The maximum Gasteiger partial charge on any atom is 0.265 e. The number of hydrogen-bond acceptors (Lipinski definition) is 5. The summed E-state index contributed by atoms with van der Waals surface area (Å²) in [6, 6.07) is 5.27. The lowest BCUT2D eigenvalue weighted by Crippen LogP contribution is -2.53. The second-order valence-electron chi connectivity index (χ2n) is 4.93. The molecule has 128 valence electrons. The van der Waals surface area contributed by atoms with Gasteiger partial charge in [0.05, 0.1) is 13.2 Å². The minimum absolute atomic E-state index is 0.0237. The van der Waals surface area contributed by atoms with E-state index < -0.39 is 11.8 Å². The van der Waals surface area contributed by atoms with Crippen molar-refractivity contribution in [2.24, 2.45) is 0 Å². The van der Waals surface area contributed by atoms with E-state index in [0.717, 1.165) is 0 Å². The van der Waals surface area contributed by atoms with E-state index in [1.54, 1.807) is 25.1 Å². The Balaban J connectivity index is 2.43. The Morgan fingerprint density at radius 1 is 1.17 bits per heavy atom. The maximum atomic E-state index is 12.5. The van der Waals surface area contributed by atoms with Crippen LogP contribution in [0.25, 0.3) is 6.08 Å². The van der Waals surface area contributed by atoms with Gasteiger partial charge < -0.3 is 9.47 Å². The van der Waals surface area contributed by atoms with Crippen LogP contribution < -0.4 is 14.8 Å². The summed E-state index contributed by atoms with van der Waals surface area (Å²) in [7, 11) is 0. The van der Waals surface area contributed by atoms with Crippen LogP contribution in [0.2, 0.25) is 0 Å². The highest BCUT2D eigenvalue weighted by atomic mass is 32.1. The van der Waals surface area contributed by atoms with Crippen LogP contribution in [0.15, 0.2) is 23.8 Å². The van der Waals surface area contributed by atoms with Crippen LogP contribution in [0.3, 0.4) is 0 Å². The Morgan fingerprint density at radius 2 is 1.88 bits per heavy atom. The Bertz CT molecular complexity index is 700. The van der Waals surface area contributed by atoms with Crippen LogP contribution >= 0.6 is 12.2 Å². The molecule has 7 heteroatoms. The minimum atomic E-state index is -0.508.